The Morgan fingerprint density at radius 3 is 2.25 bits per heavy atom. The molecule has 2 aromatic carbocycles. The van der Waals surface area contributed by atoms with E-state index in [4.69, 9.17) is 4.74 Å². The van der Waals surface area contributed by atoms with Gasteiger partial charge in [0.15, 0.2) is 0 Å². The lowest BCUT2D eigenvalue weighted by molar-refractivity contribution is -0.119. The molecule has 0 radical (unpaired) electrons. The first-order valence-corrected chi connectivity index (χ1v) is 9.29. The molecular weight excluding hydrogens is 359 g/mol. The van der Waals surface area contributed by atoms with Gasteiger partial charge in [-0.25, -0.2) is 4.39 Å². The van der Waals surface area contributed by atoms with Gasteiger partial charge in [-0.15, -0.1) is 0 Å². The zero-order chi connectivity index (χ0) is 20.5. The van der Waals surface area contributed by atoms with Gasteiger partial charge in [0.25, 0.3) is 0 Å². The van der Waals surface area contributed by atoms with Crippen molar-refractivity contribution in [1.29, 1.82) is 0 Å². The molecule has 2 N–H and O–H groups in total. The molecule has 5 nitrogen and oxygen atoms in total. The van der Waals surface area contributed by atoms with Crippen LogP contribution in [0.3, 0.4) is 0 Å². The number of amides is 2. The zero-order valence-electron chi connectivity index (χ0n) is 16.6. The zero-order valence-corrected chi connectivity index (χ0v) is 16.6. The highest BCUT2D eigenvalue weighted by atomic mass is 19.1. The van der Waals surface area contributed by atoms with E-state index < -0.39 is 5.41 Å². The minimum Gasteiger partial charge on any atom is -0.497 e. The van der Waals surface area contributed by atoms with Gasteiger partial charge in [-0.2, -0.15) is 0 Å². The Balaban J connectivity index is 1.95. The first-order chi connectivity index (χ1) is 13.2. The van der Waals surface area contributed by atoms with Crippen LogP contribution in [0.5, 0.6) is 5.75 Å². The molecule has 0 bridgehead atoms. The summed E-state index contributed by atoms with van der Waals surface area (Å²) in [5, 5.41) is 5.76. The molecule has 1 unspecified atom stereocenters. The van der Waals surface area contributed by atoms with E-state index >= 15 is 0 Å². The maximum atomic E-state index is 13.4. The fourth-order valence-electron chi connectivity index (χ4n) is 3.69. The average molecular weight is 384 g/mol. The molecule has 3 rings (SSSR count). The summed E-state index contributed by atoms with van der Waals surface area (Å²) in [6.07, 6.45) is 0.976. The maximum Gasteiger partial charge on any atom is 0.235 e. The molecule has 2 amide bonds. The van der Waals surface area contributed by atoms with E-state index in [9.17, 15) is 14.0 Å². The molecular formula is C22H25FN2O3. The molecule has 28 heavy (non-hydrogen) atoms. The summed E-state index contributed by atoms with van der Waals surface area (Å²) < 4.78 is 18.6. The van der Waals surface area contributed by atoms with Crippen LogP contribution in [-0.4, -0.2) is 18.9 Å². The van der Waals surface area contributed by atoms with Gasteiger partial charge in [0.1, 0.15) is 11.6 Å². The first kappa shape index (κ1) is 19.9. The Hall–Kier alpha value is -2.89. The number of carbonyl (C=O) groups excluding carboxylic acids is 2. The Kier molecular flexibility index (Phi) is 5.15. The second-order valence-corrected chi connectivity index (χ2v) is 7.74. The highest BCUT2D eigenvalue weighted by Crippen LogP contribution is 2.64. The summed E-state index contributed by atoms with van der Waals surface area (Å²) in [4.78, 5) is 25.2. The van der Waals surface area contributed by atoms with E-state index in [1.54, 1.807) is 37.3 Å². The Bertz CT molecular complexity index is 908. The molecule has 148 valence electrons. The number of halogens is 1. The van der Waals surface area contributed by atoms with Crippen LogP contribution in [-0.2, 0) is 15.0 Å². The van der Waals surface area contributed by atoms with Crippen LogP contribution in [0.2, 0.25) is 0 Å². The molecule has 0 saturated heterocycles. The molecule has 0 heterocycles. The molecule has 1 aliphatic carbocycles. The monoisotopic (exact) mass is 384 g/mol. The fraction of sp³-hybridized carbons (Fsp3) is 0.364. The van der Waals surface area contributed by atoms with Crippen molar-refractivity contribution in [3.05, 3.63) is 53.8 Å². The van der Waals surface area contributed by atoms with Crippen molar-refractivity contribution in [2.24, 2.45) is 5.41 Å². The van der Waals surface area contributed by atoms with Crippen molar-refractivity contribution in [3.63, 3.8) is 0 Å². The third-order valence-electron chi connectivity index (χ3n) is 5.53. The van der Waals surface area contributed by atoms with E-state index in [0.717, 1.165) is 5.56 Å². The van der Waals surface area contributed by atoms with Gasteiger partial charge < -0.3 is 15.4 Å². The minimum absolute atomic E-state index is 0.152. The fourth-order valence-corrected chi connectivity index (χ4v) is 3.69. The van der Waals surface area contributed by atoms with Crippen LogP contribution in [0.15, 0.2) is 42.5 Å². The Morgan fingerprint density at radius 1 is 1.07 bits per heavy atom. The van der Waals surface area contributed by atoms with Crippen molar-refractivity contribution in [3.8, 4) is 5.75 Å². The van der Waals surface area contributed by atoms with Gasteiger partial charge in [0.05, 0.1) is 23.9 Å². The summed E-state index contributed by atoms with van der Waals surface area (Å²) in [6, 6.07) is 11.2. The Labute approximate surface area is 164 Å². The molecule has 1 saturated carbocycles. The van der Waals surface area contributed by atoms with Crippen LogP contribution < -0.4 is 15.4 Å². The number of nitrogens with one attached hydrogen (secondary N) is 2. The van der Waals surface area contributed by atoms with Gasteiger partial charge >= 0.3 is 0 Å². The highest BCUT2D eigenvalue weighted by molar-refractivity contribution is 6.06. The van der Waals surface area contributed by atoms with E-state index in [0.29, 0.717) is 30.0 Å². The molecule has 0 aliphatic heterocycles. The molecule has 1 aliphatic rings. The number of hydrogen-bond acceptors (Lipinski definition) is 3. The number of hydrogen-bond donors (Lipinski definition) is 2. The van der Waals surface area contributed by atoms with E-state index in [-0.39, 0.29) is 23.0 Å². The highest BCUT2D eigenvalue weighted by Gasteiger charge is 2.67. The molecule has 1 atom stereocenters. The number of methoxy groups -OCH3 is 1. The van der Waals surface area contributed by atoms with E-state index in [1.165, 1.54) is 19.2 Å². The van der Waals surface area contributed by atoms with E-state index in [1.807, 2.05) is 13.8 Å². The summed E-state index contributed by atoms with van der Waals surface area (Å²) in [6.45, 7) is 5.79. The van der Waals surface area contributed by atoms with Crippen LogP contribution in [0.25, 0.3) is 0 Å². The van der Waals surface area contributed by atoms with Gasteiger partial charge in [0, 0.05) is 12.5 Å². The second kappa shape index (κ2) is 7.26. The van der Waals surface area contributed by atoms with Gasteiger partial charge in [-0.3, -0.25) is 9.59 Å². The van der Waals surface area contributed by atoms with Crippen molar-refractivity contribution >= 4 is 23.2 Å². The normalized spacial score (nSPS) is 19.6. The third kappa shape index (κ3) is 3.46. The van der Waals surface area contributed by atoms with Gasteiger partial charge in [-0.1, -0.05) is 32.9 Å². The second-order valence-electron chi connectivity index (χ2n) is 7.74. The smallest absolute Gasteiger partial charge is 0.235 e. The number of carbonyl (C=O) groups is 2. The summed E-state index contributed by atoms with van der Waals surface area (Å²) in [5.41, 5.74) is 0.735. The summed E-state index contributed by atoms with van der Waals surface area (Å²) in [7, 11) is 1.54. The van der Waals surface area contributed by atoms with Crippen LogP contribution in [0, 0.1) is 11.2 Å². The standard InChI is InChI=1S/C22H25FN2O3/c1-5-19(26)24-17-11-10-16(28-4)12-18(17)25-20(27)22(13-21(22,2)3)14-6-8-15(23)9-7-14/h6-12H,5,13H2,1-4H3,(H,24,26)(H,25,27). The van der Waals surface area contributed by atoms with Crippen LogP contribution in [0.4, 0.5) is 15.8 Å². The molecule has 2 aromatic rings. The van der Waals surface area contributed by atoms with Crippen molar-refractivity contribution in [2.45, 2.75) is 39.0 Å². The lowest BCUT2D eigenvalue weighted by Gasteiger charge is -2.22. The molecule has 0 spiro atoms. The number of rotatable bonds is 6. The van der Waals surface area contributed by atoms with Gasteiger partial charge in [0.2, 0.25) is 11.8 Å². The molecule has 1 fully saturated rings. The van der Waals surface area contributed by atoms with Crippen LogP contribution >= 0.6 is 0 Å². The van der Waals surface area contributed by atoms with E-state index in [2.05, 4.69) is 10.6 Å². The van der Waals surface area contributed by atoms with Crippen molar-refractivity contribution < 1.29 is 18.7 Å². The predicted molar refractivity (Wildman–Crippen MR) is 107 cm³/mol. The van der Waals surface area contributed by atoms with Crippen molar-refractivity contribution in [1.82, 2.24) is 0 Å². The molecule has 6 heteroatoms. The van der Waals surface area contributed by atoms with Gasteiger partial charge in [-0.05, 0) is 41.7 Å². The number of ether oxygens (including phenoxy) is 1. The SMILES string of the molecule is CCC(=O)Nc1ccc(OC)cc1NC(=O)C1(c2ccc(F)cc2)CC1(C)C. The quantitative estimate of drug-likeness (QED) is 0.771. The largest absolute Gasteiger partial charge is 0.497 e. The first-order valence-electron chi connectivity index (χ1n) is 9.29. The summed E-state index contributed by atoms with van der Waals surface area (Å²) >= 11 is 0. The Morgan fingerprint density at radius 2 is 1.71 bits per heavy atom. The number of anilines is 2. The van der Waals surface area contributed by atoms with Crippen molar-refractivity contribution in [2.75, 3.05) is 17.7 Å². The topological polar surface area (TPSA) is 67.4 Å². The third-order valence-corrected chi connectivity index (χ3v) is 5.53. The average Bonchev–Trinajstić information content (AvgIpc) is 3.27. The summed E-state index contributed by atoms with van der Waals surface area (Å²) in [5.74, 6) is -0.115. The predicted octanol–water partition coefficient (Wildman–Crippen LogP) is 4.49. The lowest BCUT2D eigenvalue weighted by Crippen LogP contribution is -2.32. The molecule has 0 aromatic heterocycles. The number of benzene rings is 2. The maximum absolute atomic E-state index is 13.4. The minimum atomic E-state index is -0.754. The van der Waals surface area contributed by atoms with Crippen LogP contribution in [0.1, 0.15) is 39.2 Å². The lowest BCUT2D eigenvalue weighted by atomic mass is 9.87.